The van der Waals surface area contributed by atoms with E-state index < -0.39 is 0 Å². The molecule has 0 unspecified atom stereocenters. The average molecular weight is 404 g/mol. The number of aromatic nitrogens is 4. The van der Waals surface area contributed by atoms with E-state index in [0.29, 0.717) is 38.9 Å². The number of nitrogens with zero attached hydrogens (tertiary/aromatic N) is 5. The Morgan fingerprint density at radius 2 is 1.89 bits per heavy atom. The van der Waals surface area contributed by atoms with Crippen molar-refractivity contribution in [1.82, 2.24) is 24.8 Å². The molecule has 0 radical (unpaired) electrons. The van der Waals surface area contributed by atoms with E-state index in [4.69, 9.17) is 23.2 Å². The molecule has 0 bridgehead atoms. The minimum absolute atomic E-state index is 0.370. The molecule has 0 atom stereocenters. The van der Waals surface area contributed by atoms with Crippen molar-refractivity contribution in [3.05, 3.63) is 40.8 Å². The van der Waals surface area contributed by atoms with E-state index in [2.05, 4.69) is 42.5 Å². The third-order valence-electron chi connectivity index (χ3n) is 4.61. The van der Waals surface area contributed by atoms with Gasteiger partial charge in [-0.2, -0.15) is 0 Å². The fourth-order valence-corrected chi connectivity index (χ4v) is 3.36. The lowest BCUT2D eigenvalue weighted by atomic mass is 10.1. The fraction of sp³-hybridized carbons (Fsp3) is 0.333. The molecule has 3 aromatic rings. The Labute approximate surface area is 167 Å². The molecule has 1 fully saturated rings. The summed E-state index contributed by atoms with van der Waals surface area (Å²) in [6, 6.07) is 5.69. The van der Waals surface area contributed by atoms with Gasteiger partial charge >= 0.3 is 0 Å². The summed E-state index contributed by atoms with van der Waals surface area (Å²) in [4.78, 5) is 20.0. The smallest absolute Gasteiger partial charge is 0.223 e. The van der Waals surface area contributed by atoms with Crippen LogP contribution in [0, 0.1) is 0 Å². The number of hydrogen-bond donors (Lipinski definition) is 2. The molecule has 0 spiro atoms. The van der Waals surface area contributed by atoms with Gasteiger partial charge in [-0.25, -0.2) is 19.9 Å². The van der Waals surface area contributed by atoms with Crippen LogP contribution in [0.4, 0.5) is 17.5 Å². The monoisotopic (exact) mass is 403 g/mol. The molecule has 0 saturated carbocycles. The first-order chi connectivity index (χ1) is 13.1. The van der Waals surface area contributed by atoms with Gasteiger partial charge in [-0.15, -0.1) is 0 Å². The normalized spacial score (nSPS) is 15.8. The molecule has 1 aromatic carbocycles. The summed E-state index contributed by atoms with van der Waals surface area (Å²) in [5, 5.41) is 7.64. The lowest BCUT2D eigenvalue weighted by Gasteiger charge is -2.29. The van der Waals surface area contributed by atoms with Crippen LogP contribution in [-0.4, -0.2) is 51.0 Å². The fourth-order valence-electron chi connectivity index (χ4n) is 3.06. The summed E-state index contributed by atoms with van der Waals surface area (Å²) < 4.78 is 0. The zero-order chi connectivity index (χ0) is 18.8. The van der Waals surface area contributed by atoms with Crippen molar-refractivity contribution in [3.8, 4) is 0 Å². The van der Waals surface area contributed by atoms with E-state index >= 15 is 0 Å². The van der Waals surface area contributed by atoms with E-state index in [1.165, 1.54) is 6.33 Å². The topological polar surface area (TPSA) is 78.9 Å². The molecule has 9 heteroatoms. The van der Waals surface area contributed by atoms with E-state index in [1.807, 2.05) is 6.07 Å². The molecule has 2 N–H and O–H groups in total. The third-order valence-corrected chi connectivity index (χ3v) is 5.35. The van der Waals surface area contributed by atoms with Crippen molar-refractivity contribution in [2.45, 2.75) is 18.9 Å². The molecule has 27 heavy (non-hydrogen) atoms. The maximum Gasteiger partial charge on any atom is 0.223 e. The number of benzene rings is 1. The molecule has 0 aliphatic carbocycles. The van der Waals surface area contributed by atoms with Gasteiger partial charge in [-0.1, -0.05) is 23.2 Å². The highest BCUT2D eigenvalue weighted by Gasteiger charge is 2.18. The quantitative estimate of drug-likeness (QED) is 0.681. The van der Waals surface area contributed by atoms with Crippen molar-refractivity contribution in [2.24, 2.45) is 0 Å². The first-order valence-electron chi connectivity index (χ1n) is 8.73. The summed E-state index contributed by atoms with van der Waals surface area (Å²) in [7, 11) is 2.14. The summed E-state index contributed by atoms with van der Waals surface area (Å²) in [6.45, 7) is 2.14. The molecular weight excluding hydrogens is 385 g/mol. The second-order valence-electron chi connectivity index (χ2n) is 6.63. The number of anilines is 3. The zero-order valence-corrected chi connectivity index (χ0v) is 16.3. The van der Waals surface area contributed by atoms with Gasteiger partial charge in [0.1, 0.15) is 17.4 Å². The van der Waals surface area contributed by atoms with Crippen LogP contribution in [0.25, 0.3) is 11.0 Å². The Morgan fingerprint density at radius 3 is 2.67 bits per heavy atom. The number of fused-ring (bicyclic) bond motifs is 1. The molecule has 3 heterocycles. The SMILES string of the molecule is CN1CCC(Nc2ncc3ncnc(Nc4ccc(Cl)c(Cl)c4)c3n2)CC1. The second kappa shape index (κ2) is 7.80. The largest absolute Gasteiger partial charge is 0.351 e. The lowest BCUT2D eigenvalue weighted by molar-refractivity contribution is 0.263. The van der Waals surface area contributed by atoms with Crippen molar-refractivity contribution in [2.75, 3.05) is 30.8 Å². The van der Waals surface area contributed by atoms with Gasteiger partial charge in [0.15, 0.2) is 5.82 Å². The maximum atomic E-state index is 6.10. The minimum atomic E-state index is 0.370. The van der Waals surface area contributed by atoms with Gasteiger partial charge in [0, 0.05) is 11.7 Å². The number of likely N-dealkylation sites (tertiary alicyclic amines) is 1. The number of piperidine rings is 1. The van der Waals surface area contributed by atoms with Crippen LogP contribution in [-0.2, 0) is 0 Å². The Morgan fingerprint density at radius 1 is 1.07 bits per heavy atom. The van der Waals surface area contributed by atoms with Crippen LogP contribution in [0.2, 0.25) is 10.0 Å². The highest BCUT2D eigenvalue weighted by molar-refractivity contribution is 6.42. The van der Waals surface area contributed by atoms with Crippen molar-refractivity contribution >= 4 is 51.7 Å². The number of hydrogen-bond acceptors (Lipinski definition) is 7. The lowest BCUT2D eigenvalue weighted by Crippen LogP contribution is -2.37. The van der Waals surface area contributed by atoms with Gasteiger partial charge in [0.2, 0.25) is 5.95 Å². The molecule has 4 rings (SSSR count). The summed E-state index contributed by atoms with van der Waals surface area (Å²) in [5.74, 6) is 1.18. The first-order valence-corrected chi connectivity index (χ1v) is 9.49. The van der Waals surface area contributed by atoms with Crippen LogP contribution in [0.15, 0.2) is 30.7 Å². The number of nitrogens with one attached hydrogen (secondary N) is 2. The Kier molecular flexibility index (Phi) is 5.24. The zero-order valence-electron chi connectivity index (χ0n) is 14.8. The first kappa shape index (κ1) is 18.2. The number of halogens is 2. The van der Waals surface area contributed by atoms with Crippen LogP contribution in [0.1, 0.15) is 12.8 Å². The Bertz CT molecular complexity index is 958. The van der Waals surface area contributed by atoms with Crippen LogP contribution in [0.3, 0.4) is 0 Å². The third kappa shape index (κ3) is 4.21. The minimum Gasteiger partial charge on any atom is -0.351 e. The predicted octanol–water partition coefficient (Wildman–Crippen LogP) is 3.98. The van der Waals surface area contributed by atoms with Crippen molar-refractivity contribution < 1.29 is 0 Å². The van der Waals surface area contributed by atoms with E-state index in [-0.39, 0.29) is 0 Å². The van der Waals surface area contributed by atoms with Gasteiger partial charge in [0.25, 0.3) is 0 Å². The van der Waals surface area contributed by atoms with E-state index in [9.17, 15) is 0 Å². The average Bonchev–Trinajstić information content (AvgIpc) is 2.67. The molecule has 7 nitrogen and oxygen atoms in total. The van der Waals surface area contributed by atoms with Gasteiger partial charge in [-0.3, -0.25) is 0 Å². The molecular formula is C18H19Cl2N7. The molecule has 2 aromatic heterocycles. The van der Waals surface area contributed by atoms with E-state index in [0.717, 1.165) is 31.6 Å². The van der Waals surface area contributed by atoms with Gasteiger partial charge in [0.05, 0.1) is 16.2 Å². The Balaban J connectivity index is 1.60. The maximum absolute atomic E-state index is 6.10. The van der Waals surface area contributed by atoms with Gasteiger partial charge < -0.3 is 15.5 Å². The number of rotatable bonds is 4. The standard InChI is InChI=1S/C18H19Cl2N7/c1-27-6-4-11(5-7-27)25-18-21-9-15-16(26-18)17(23-10-22-15)24-12-2-3-13(19)14(20)8-12/h2-3,8-11H,4-7H2,1H3,(H,21,25,26)(H,22,23,24). The second-order valence-corrected chi connectivity index (χ2v) is 7.44. The predicted molar refractivity (Wildman–Crippen MR) is 109 cm³/mol. The van der Waals surface area contributed by atoms with Crippen molar-refractivity contribution in [1.29, 1.82) is 0 Å². The molecule has 0 amide bonds. The highest BCUT2D eigenvalue weighted by Crippen LogP contribution is 2.28. The summed E-state index contributed by atoms with van der Waals surface area (Å²) in [5.41, 5.74) is 2.09. The summed E-state index contributed by atoms with van der Waals surface area (Å²) in [6.07, 6.45) is 5.33. The van der Waals surface area contributed by atoms with Crippen LogP contribution >= 0.6 is 23.2 Å². The van der Waals surface area contributed by atoms with E-state index in [1.54, 1.807) is 18.3 Å². The molecule has 1 aliphatic rings. The Hall–Kier alpha value is -2.22. The molecule has 1 saturated heterocycles. The van der Waals surface area contributed by atoms with Gasteiger partial charge in [-0.05, 0) is 51.2 Å². The van der Waals surface area contributed by atoms with Crippen LogP contribution in [0.5, 0.6) is 0 Å². The summed E-state index contributed by atoms with van der Waals surface area (Å²) >= 11 is 12.1. The van der Waals surface area contributed by atoms with Crippen molar-refractivity contribution in [3.63, 3.8) is 0 Å². The molecule has 140 valence electrons. The van der Waals surface area contributed by atoms with Crippen LogP contribution < -0.4 is 10.6 Å². The highest BCUT2D eigenvalue weighted by atomic mass is 35.5. The molecule has 1 aliphatic heterocycles.